The number of amides is 1. The van der Waals surface area contributed by atoms with Crippen molar-refractivity contribution in [2.45, 2.75) is 57.9 Å². The van der Waals surface area contributed by atoms with E-state index < -0.39 is 6.10 Å². The van der Waals surface area contributed by atoms with Crippen LogP contribution in [-0.2, 0) is 9.53 Å². The number of likely N-dealkylation sites (N-methyl/N-ethyl adjacent to an activating group) is 1. The number of aliphatic hydroxyl groups is 1. The largest absolute Gasteiger partial charge is 0.474 e. The third kappa shape index (κ3) is 5.20. The number of hydrogen-bond donors (Lipinski definition) is 2. The molecular formula is C23H33N7O4. The molecule has 2 aliphatic rings. The molecule has 1 aliphatic heterocycles. The van der Waals surface area contributed by atoms with Gasteiger partial charge in [0.15, 0.2) is 0 Å². The van der Waals surface area contributed by atoms with E-state index in [0.717, 1.165) is 0 Å². The van der Waals surface area contributed by atoms with E-state index in [1.54, 1.807) is 30.4 Å². The van der Waals surface area contributed by atoms with E-state index in [0.29, 0.717) is 55.7 Å². The molecule has 0 spiro atoms. The van der Waals surface area contributed by atoms with Gasteiger partial charge in [-0.05, 0) is 12.8 Å². The van der Waals surface area contributed by atoms with Gasteiger partial charge in [-0.25, -0.2) is 15.0 Å². The Morgan fingerprint density at radius 2 is 2.00 bits per heavy atom. The Kier molecular flexibility index (Phi) is 7.13. The number of nitrogen functional groups attached to an aromatic ring is 1. The van der Waals surface area contributed by atoms with Crippen molar-refractivity contribution in [2.75, 3.05) is 37.4 Å². The highest BCUT2D eigenvalue weighted by molar-refractivity contribution is 5.81. The standard InChI is InChI=1S/C23H33N7O4/c1-13(2)20(31)21(32)29(4)16-7-17(8-16)34-19-9-18(15-10-25-22(24)26-11-15)27-23(28-19)30-5-6-33-12-14(30)3/h9-11,13-14,16-17,20,31H,5-8,12H2,1-4H3,(H2,24,25,26)/t14-,16?,17?,20-/m0/s1. The average molecular weight is 472 g/mol. The van der Waals surface area contributed by atoms with Crippen molar-refractivity contribution in [3.8, 4) is 17.1 Å². The van der Waals surface area contributed by atoms with E-state index in [2.05, 4.69) is 26.8 Å². The Morgan fingerprint density at radius 1 is 1.29 bits per heavy atom. The predicted octanol–water partition coefficient (Wildman–Crippen LogP) is 1.13. The van der Waals surface area contributed by atoms with E-state index in [1.807, 2.05) is 13.8 Å². The summed E-state index contributed by atoms with van der Waals surface area (Å²) in [6, 6.07) is 1.92. The first-order chi connectivity index (χ1) is 16.2. The molecule has 2 atom stereocenters. The second-order valence-corrected chi connectivity index (χ2v) is 9.34. The Labute approximate surface area is 199 Å². The Hall–Kier alpha value is -3.05. The van der Waals surface area contributed by atoms with Gasteiger partial charge in [-0.1, -0.05) is 13.8 Å². The highest BCUT2D eigenvalue weighted by atomic mass is 16.5. The minimum atomic E-state index is -0.991. The molecular weight excluding hydrogens is 438 g/mol. The number of nitrogens with zero attached hydrogens (tertiary/aromatic N) is 6. The Balaban J connectivity index is 1.50. The molecule has 1 amide bonds. The Morgan fingerprint density at radius 3 is 2.65 bits per heavy atom. The summed E-state index contributed by atoms with van der Waals surface area (Å²) in [4.78, 5) is 33.7. The number of nitrogens with two attached hydrogens (primary N) is 1. The Bertz CT molecular complexity index is 997. The smallest absolute Gasteiger partial charge is 0.251 e. The summed E-state index contributed by atoms with van der Waals surface area (Å²) in [6.45, 7) is 7.60. The van der Waals surface area contributed by atoms with Crippen molar-refractivity contribution < 1.29 is 19.4 Å². The maximum absolute atomic E-state index is 12.4. The van der Waals surface area contributed by atoms with Crippen molar-refractivity contribution in [2.24, 2.45) is 5.92 Å². The van der Waals surface area contributed by atoms with Gasteiger partial charge in [0, 0.05) is 56.5 Å². The molecule has 4 rings (SSSR count). The fourth-order valence-corrected chi connectivity index (χ4v) is 4.04. The number of rotatable bonds is 7. The summed E-state index contributed by atoms with van der Waals surface area (Å²) in [5, 5.41) is 10.1. The molecule has 3 N–H and O–H groups in total. The van der Waals surface area contributed by atoms with Crippen molar-refractivity contribution in [3.05, 3.63) is 18.5 Å². The van der Waals surface area contributed by atoms with E-state index in [-0.39, 0.29) is 36.0 Å². The van der Waals surface area contributed by atoms with E-state index in [9.17, 15) is 9.90 Å². The van der Waals surface area contributed by atoms with Crippen LogP contribution in [0, 0.1) is 5.92 Å². The minimum Gasteiger partial charge on any atom is -0.474 e. The molecule has 34 heavy (non-hydrogen) atoms. The molecule has 1 saturated carbocycles. The summed E-state index contributed by atoms with van der Waals surface area (Å²) in [5.41, 5.74) is 6.99. The van der Waals surface area contributed by atoms with Crippen LogP contribution in [-0.4, -0.2) is 86.9 Å². The molecule has 1 aliphatic carbocycles. The fraction of sp³-hybridized carbons (Fsp3) is 0.609. The predicted molar refractivity (Wildman–Crippen MR) is 126 cm³/mol. The average Bonchev–Trinajstić information content (AvgIpc) is 2.80. The maximum atomic E-state index is 12.4. The summed E-state index contributed by atoms with van der Waals surface area (Å²) in [7, 11) is 1.73. The lowest BCUT2D eigenvalue weighted by Gasteiger charge is -2.41. The number of morpholine rings is 1. The van der Waals surface area contributed by atoms with Crippen LogP contribution in [0.25, 0.3) is 11.3 Å². The first-order valence-corrected chi connectivity index (χ1v) is 11.7. The zero-order chi connectivity index (χ0) is 24.4. The lowest BCUT2D eigenvalue weighted by molar-refractivity contribution is -0.146. The second-order valence-electron chi connectivity index (χ2n) is 9.34. The van der Waals surface area contributed by atoms with Crippen LogP contribution in [0.4, 0.5) is 11.9 Å². The molecule has 11 nitrogen and oxygen atoms in total. The quantitative estimate of drug-likeness (QED) is 0.604. The lowest BCUT2D eigenvalue weighted by Crippen LogP contribution is -2.53. The van der Waals surface area contributed by atoms with Crippen LogP contribution in [0.2, 0.25) is 0 Å². The number of hydrogen-bond acceptors (Lipinski definition) is 10. The van der Waals surface area contributed by atoms with Gasteiger partial charge in [0.05, 0.1) is 24.9 Å². The molecule has 2 aromatic heterocycles. The summed E-state index contributed by atoms with van der Waals surface area (Å²) in [6.07, 6.45) is 3.51. The number of carbonyl (C=O) groups is 1. The number of anilines is 2. The molecule has 0 bridgehead atoms. The van der Waals surface area contributed by atoms with Crippen LogP contribution in [0.3, 0.4) is 0 Å². The summed E-state index contributed by atoms with van der Waals surface area (Å²) in [5.74, 6) is 0.825. The van der Waals surface area contributed by atoms with Gasteiger partial charge in [-0.3, -0.25) is 4.79 Å². The van der Waals surface area contributed by atoms with Crippen molar-refractivity contribution in [1.29, 1.82) is 0 Å². The molecule has 11 heteroatoms. The van der Waals surface area contributed by atoms with E-state index in [1.165, 1.54) is 0 Å². The second kappa shape index (κ2) is 10.1. The van der Waals surface area contributed by atoms with E-state index in [4.69, 9.17) is 20.2 Å². The number of aliphatic hydroxyl groups excluding tert-OH is 1. The van der Waals surface area contributed by atoms with Crippen LogP contribution in [0.15, 0.2) is 18.5 Å². The van der Waals surface area contributed by atoms with Crippen LogP contribution in [0.1, 0.15) is 33.6 Å². The monoisotopic (exact) mass is 471 g/mol. The van der Waals surface area contributed by atoms with Crippen molar-refractivity contribution >= 4 is 17.8 Å². The molecule has 0 aromatic carbocycles. The zero-order valence-electron chi connectivity index (χ0n) is 20.1. The van der Waals surface area contributed by atoms with Gasteiger partial charge < -0.3 is 30.1 Å². The normalized spacial score (nSPS) is 23.4. The number of aromatic nitrogens is 4. The third-order valence-corrected chi connectivity index (χ3v) is 6.42. The van der Waals surface area contributed by atoms with Crippen LogP contribution >= 0.6 is 0 Å². The van der Waals surface area contributed by atoms with Crippen molar-refractivity contribution in [3.63, 3.8) is 0 Å². The number of carbonyl (C=O) groups excluding carboxylic acids is 1. The zero-order valence-corrected chi connectivity index (χ0v) is 20.1. The third-order valence-electron chi connectivity index (χ3n) is 6.42. The highest BCUT2D eigenvalue weighted by Gasteiger charge is 2.38. The summed E-state index contributed by atoms with van der Waals surface area (Å²) < 4.78 is 11.8. The number of ether oxygens (including phenoxy) is 2. The molecule has 1 saturated heterocycles. The van der Waals surface area contributed by atoms with Crippen LogP contribution < -0.4 is 15.4 Å². The molecule has 0 radical (unpaired) electrons. The first kappa shape index (κ1) is 24.1. The fourth-order valence-electron chi connectivity index (χ4n) is 4.04. The van der Waals surface area contributed by atoms with Gasteiger partial charge in [-0.15, -0.1) is 0 Å². The molecule has 3 heterocycles. The first-order valence-electron chi connectivity index (χ1n) is 11.7. The van der Waals surface area contributed by atoms with Gasteiger partial charge in [0.25, 0.3) is 5.91 Å². The minimum absolute atomic E-state index is 0.0245. The van der Waals surface area contributed by atoms with Gasteiger partial charge in [0.1, 0.15) is 12.2 Å². The van der Waals surface area contributed by atoms with E-state index >= 15 is 0 Å². The molecule has 0 unspecified atom stereocenters. The maximum Gasteiger partial charge on any atom is 0.251 e. The van der Waals surface area contributed by atoms with Crippen molar-refractivity contribution in [1.82, 2.24) is 24.8 Å². The molecule has 2 aromatic rings. The van der Waals surface area contributed by atoms with Gasteiger partial charge >= 0.3 is 0 Å². The highest BCUT2D eigenvalue weighted by Crippen LogP contribution is 2.32. The SMILES string of the molecule is CC(C)[C@H](O)C(=O)N(C)C1CC(Oc2cc(-c3cnc(N)nc3)nc(N3CCOC[C@@H]3C)n2)C1. The van der Waals surface area contributed by atoms with Crippen LogP contribution in [0.5, 0.6) is 5.88 Å². The molecule has 2 fully saturated rings. The molecule has 184 valence electrons. The van der Waals surface area contributed by atoms with Gasteiger partial charge in [-0.2, -0.15) is 4.98 Å². The lowest BCUT2D eigenvalue weighted by atomic mass is 9.87. The topological polar surface area (TPSA) is 140 Å². The summed E-state index contributed by atoms with van der Waals surface area (Å²) >= 11 is 0. The van der Waals surface area contributed by atoms with Gasteiger partial charge in [0.2, 0.25) is 17.8 Å².